The third-order valence-electron chi connectivity index (χ3n) is 4.60. The average molecular weight is 389 g/mol. The number of guanidine groups is 1. The van der Waals surface area contributed by atoms with E-state index in [1.807, 2.05) is 12.3 Å². The molecule has 0 spiro atoms. The monoisotopic (exact) mass is 388 g/mol. The van der Waals surface area contributed by atoms with Gasteiger partial charge in [0.05, 0.1) is 6.54 Å². The molecule has 27 heavy (non-hydrogen) atoms. The third-order valence-corrected chi connectivity index (χ3v) is 5.74. The van der Waals surface area contributed by atoms with Gasteiger partial charge in [0.1, 0.15) is 18.2 Å². The van der Waals surface area contributed by atoms with Crippen molar-refractivity contribution in [1.29, 1.82) is 0 Å². The number of hydrogen-bond acceptors (Lipinski definition) is 5. The van der Waals surface area contributed by atoms with E-state index in [0.29, 0.717) is 19.8 Å². The quantitative estimate of drug-likeness (QED) is 0.588. The van der Waals surface area contributed by atoms with E-state index in [9.17, 15) is 0 Å². The summed E-state index contributed by atoms with van der Waals surface area (Å²) in [6, 6.07) is 6.17. The minimum Gasteiger partial charge on any atom is -0.486 e. The van der Waals surface area contributed by atoms with Crippen molar-refractivity contribution in [3.05, 3.63) is 39.8 Å². The van der Waals surface area contributed by atoms with Crippen molar-refractivity contribution in [2.75, 3.05) is 26.8 Å². The van der Waals surface area contributed by atoms with Crippen LogP contribution in [0.2, 0.25) is 0 Å². The molecule has 0 bridgehead atoms. The van der Waals surface area contributed by atoms with Crippen LogP contribution in [0.25, 0.3) is 0 Å². The van der Waals surface area contributed by atoms with Gasteiger partial charge >= 0.3 is 0 Å². The molecule has 2 aromatic rings. The van der Waals surface area contributed by atoms with E-state index in [1.54, 1.807) is 18.4 Å². The van der Waals surface area contributed by atoms with Gasteiger partial charge in [-0.25, -0.2) is 4.98 Å². The Morgan fingerprint density at radius 3 is 2.70 bits per heavy atom. The predicted octanol–water partition coefficient (Wildman–Crippen LogP) is 3.12. The van der Waals surface area contributed by atoms with Crippen LogP contribution in [0.1, 0.15) is 36.2 Å². The number of aliphatic imine (C=N–C) groups is 1. The number of aromatic nitrogens is 1. The van der Waals surface area contributed by atoms with Crippen LogP contribution < -0.4 is 20.1 Å². The van der Waals surface area contributed by atoms with Crippen LogP contribution in [0.4, 0.5) is 0 Å². The van der Waals surface area contributed by atoms with Crippen molar-refractivity contribution < 1.29 is 9.47 Å². The third kappa shape index (κ3) is 4.91. The Bertz CT molecular complexity index is 801. The number of fused-ring (bicyclic) bond motifs is 1. The van der Waals surface area contributed by atoms with Crippen molar-refractivity contribution in [2.45, 2.75) is 39.2 Å². The predicted molar refractivity (Wildman–Crippen MR) is 110 cm³/mol. The first-order valence-corrected chi connectivity index (χ1v) is 10.1. The zero-order valence-corrected chi connectivity index (χ0v) is 17.3. The van der Waals surface area contributed by atoms with Crippen LogP contribution in [0.15, 0.2) is 29.4 Å². The van der Waals surface area contributed by atoms with Gasteiger partial charge in [-0.1, -0.05) is 26.8 Å². The topological polar surface area (TPSA) is 67.8 Å². The SMILES string of the molecule is CCc1cnc(CNC(=NC)NCC(C)(C)c2ccc3c(c2)OCCO3)s1. The Labute approximate surface area is 165 Å². The fourth-order valence-corrected chi connectivity index (χ4v) is 3.65. The largest absolute Gasteiger partial charge is 0.486 e. The van der Waals surface area contributed by atoms with Crippen molar-refractivity contribution in [3.8, 4) is 11.5 Å². The second-order valence-corrected chi connectivity index (χ2v) is 8.30. The van der Waals surface area contributed by atoms with Gasteiger partial charge in [0.15, 0.2) is 17.5 Å². The maximum absolute atomic E-state index is 5.72. The number of ether oxygens (including phenoxy) is 2. The molecule has 7 heteroatoms. The number of aryl methyl sites for hydroxylation is 1. The highest BCUT2D eigenvalue weighted by Crippen LogP contribution is 2.34. The number of thiazole rings is 1. The molecule has 0 unspecified atom stereocenters. The normalized spacial score (nSPS) is 14.1. The van der Waals surface area contributed by atoms with E-state index < -0.39 is 0 Å². The van der Waals surface area contributed by atoms with E-state index in [4.69, 9.17) is 9.47 Å². The van der Waals surface area contributed by atoms with E-state index >= 15 is 0 Å². The molecular weight excluding hydrogens is 360 g/mol. The lowest BCUT2D eigenvalue weighted by Crippen LogP contribution is -2.43. The Kier molecular flexibility index (Phi) is 6.21. The lowest BCUT2D eigenvalue weighted by molar-refractivity contribution is 0.171. The first-order chi connectivity index (χ1) is 13.0. The molecule has 0 saturated carbocycles. The van der Waals surface area contributed by atoms with E-state index in [1.165, 1.54) is 10.4 Å². The van der Waals surface area contributed by atoms with Gasteiger partial charge in [0.2, 0.25) is 0 Å². The van der Waals surface area contributed by atoms with Gasteiger partial charge in [0, 0.05) is 30.1 Å². The minimum absolute atomic E-state index is 0.0932. The fraction of sp³-hybridized carbons (Fsp3) is 0.500. The maximum Gasteiger partial charge on any atom is 0.191 e. The molecule has 2 N–H and O–H groups in total. The van der Waals surface area contributed by atoms with Crippen LogP contribution in [0.3, 0.4) is 0 Å². The average Bonchev–Trinajstić information content (AvgIpc) is 3.16. The van der Waals surface area contributed by atoms with Crippen LogP contribution in [0.5, 0.6) is 11.5 Å². The maximum atomic E-state index is 5.72. The van der Waals surface area contributed by atoms with Gasteiger partial charge in [0.25, 0.3) is 0 Å². The van der Waals surface area contributed by atoms with Gasteiger partial charge in [-0.3, -0.25) is 4.99 Å². The molecule has 1 aromatic carbocycles. The Morgan fingerprint density at radius 2 is 2.00 bits per heavy atom. The van der Waals surface area contributed by atoms with Gasteiger partial charge in [-0.05, 0) is 24.1 Å². The van der Waals surface area contributed by atoms with Crippen molar-refractivity contribution >= 4 is 17.3 Å². The highest BCUT2D eigenvalue weighted by Gasteiger charge is 2.24. The summed E-state index contributed by atoms with van der Waals surface area (Å²) in [5, 5.41) is 7.83. The van der Waals surface area contributed by atoms with Crippen molar-refractivity contribution in [3.63, 3.8) is 0 Å². The molecule has 0 aliphatic carbocycles. The lowest BCUT2D eigenvalue weighted by Gasteiger charge is -2.28. The number of benzene rings is 1. The van der Waals surface area contributed by atoms with Crippen LogP contribution >= 0.6 is 11.3 Å². The molecule has 0 amide bonds. The first kappa shape index (κ1) is 19.5. The highest BCUT2D eigenvalue weighted by molar-refractivity contribution is 7.11. The van der Waals surface area contributed by atoms with E-state index in [0.717, 1.165) is 35.4 Å². The fourth-order valence-electron chi connectivity index (χ4n) is 2.84. The minimum atomic E-state index is -0.0932. The zero-order chi connectivity index (χ0) is 19.3. The molecule has 1 aromatic heterocycles. The Morgan fingerprint density at radius 1 is 1.22 bits per heavy atom. The molecule has 2 heterocycles. The summed E-state index contributed by atoms with van der Waals surface area (Å²) >= 11 is 1.74. The number of nitrogens with zero attached hydrogens (tertiary/aromatic N) is 2. The summed E-state index contributed by atoms with van der Waals surface area (Å²) in [5.41, 5.74) is 1.10. The molecule has 0 atom stereocenters. The Balaban J connectivity index is 1.57. The van der Waals surface area contributed by atoms with Crippen LogP contribution in [-0.4, -0.2) is 37.7 Å². The second kappa shape index (κ2) is 8.61. The molecule has 3 rings (SSSR count). The standard InChI is InChI=1S/C20H28N4O2S/c1-5-15-11-22-18(27-15)12-23-19(21-4)24-13-20(2,3)14-6-7-16-17(10-14)26-9-8-25-16/h6-7,10-11H,5,8-9,12-13H2,1-4H3,(H2,21,23,24). The van der Waals surface area contributed by atoms with Crippen molar-refractivity contribution in [2.24, 2.45) is 4.99 Å². The number of rotatable bonds is 6. The van der Waals surface area contributed by atoms with Crippen molar-refractivity contribution in [1.82, 2.24) is 15.6 Å². The van der Waals surface area contributed by atoms with E-state index in [-0.39, 0.29) is 5.41 Å². The molecule has 1 aliphatic heterocycles. The first-order valence-electron chi connectivity index (χ1n) is 9.30. The molecule has 0 radical (unpaired) electrons. The summed E-state index contributed by atoms with van der Waals surface area (Å²) in [6.07, 6.45) is 2.97. The number of nitrogens with one attached hydrogen (secondary N) is 2. The van der Waals surface area contributed by atoms with Gasteiger partial charge in [-0.15, -0.1) is 11.3 Å². The smallest absolute Gasteiger partial charge is 0.191 e. The summed E-state index contributed by atoms with van der Waals surface area (Å²) in [7, 11) is 1.78. The Hall–Kier alpha value is -2.28. The summed E-state index contributed by atoms with van der Waals surface area (Å²) in [6.45, 7) is 9.17. The molecule has 146 valence electrons. The zero-order valence-electron chi connectivity index (χ0n) is 16.5. The van der Waals surface area contributed by atoms with Crippen LogP contribution in [0, 0.1) is 0 Å². The van der Waals surface area contributed by atoms with Gasteiger partial charge in [-0.2, -0.15) is 0 Å². The molecule has 1 aliphatic rings. The molecule has 0 fully saturated rings. The highest BCUT2D eigenvalue weighted by atomic mass is 32.1. The summed E-state index contributed by atoms with van der Waals surface area (Å²) in [5.74, 6) is 2.42. The summed E-state index contributed by atoms with van der Waals surface area (Å²) in [4.78, 5) is 10.1. The van der Waals surface area contributed by atoms with Crippen LogP contribution in [-0.2, 0) is 18.4 Å². The molecule has 0 saturated heterocycles. The summed E-state index contributed by atoms with van der Waals surface area (Å²) < 4.78 is 11.3. The second-order valence-electron chi connectivity index (χ2n) is 7.10. The lowest BCUT2D eigenvalue weighted by atomic mass is 9.84. The van der Waals surface area contributed by atoms with E-state index in [2.05, 4.69) is 53.5 Å². The van der Waals surface area contributed by atoms with Gasteiger partial charge < -0.3 is 20.1 Å². The molecule has 6 nitrogen and oxygen atoms in total. The number of hydrogen-bond donors (Lipinski definition) is 2. The molecular formula is C20H28N4O2S.